The summed E-state index contributed by atoms with van der Waals surface area (Å²) in [6.45, 7) is 2.41. The maximum atomic E-state index is 4.02. The van der Waals surface area contributed by atoms with Crippen LogP contribution < -0.4 is 0 Å². The molecule has 2 rings (SSSR count). The average Bonchev–Trinajstić information content (AvgIpc) is 2.39. The van der Waals surface area contributed by atoms with Crippen molar-refractivity contribution in [3.63, 3.8) is 0 Å². The van der Waals surface area contributed by atoms with Crippen molar-refractivity contribution < 1.29 is 0 Å². The predicted molar refractivity (Wildman–Crippen MR) is 91.2 cm³/mol. The van der Waals surface area contributed by atoms with Gasteiger partial charge in [-0.2, -0.15) is 0 Å². The summed E-state index contributed by atoms with van der Waals surface area (Å²) in [4.78, 5) is 2.13. The molecule has 2 aliphatic carbocycles. The van der Waals surface area contributed by atoms with E-state index in [1.54, 1.807) is 0 Å². The Labute approximate surface area is 137 Å². The molecule has 0 amide bonds. The van der Waals surface area contributed by atoms with Crippen LogP contribution in [0, 0.1) is 17.8 Å². The number of hydrogen-bond donors (Lipinski definition) is 0. The Balaban J connectivity index is 1.82. The topological polar surface area (TPSA) is 0 Å². The van der Waals surface area contributed by atoms with Gasteiger partial charge in [-0.3, -0.25) is 0 Å². The average molecular weight is 445 g/mol. The highest BCUT2D eigenvalue weighted by molar-refractivity contribution is 9.12. The van der Waals surface area contributed by atoms with Gasteiger partial charge in [0.2, 0.25) is 0 Å². The molecule has 0 N–H and O–H groups in total. The van der Waals surface area contributed by atoms with Gasteiger partial charge in [0.1, 0.15) is 0 Å². The fraction of sp³-hybridized carbons (Fsp3) is 1.00. The van der Waals surface area contributed by atoms with Crippen LogP contribution in [-0.2, 0) is 0 Å². The highest BCUT2D eigenvalue weighted by Gasteiger charge is 2.34. The monoisotopic (exact) mass is 442 g/mol. The molecule has 3 heteroatoms. The quantitative estimate of drug-likeness (QED) is 0.448. The maximum absolute atomic E-state index is 4.02. The van der Waals surface area contributed by atoms with E-state index >= 15 is 0 Å². The molecule has 0 heterocycles. The van der Waals surface area contributed by atoms with Crippen molar-refractivity contribution in [3.8, 4) is 0 Å². The van der Waals surface area contributed by atoms with Crippen LogP contribution in [0.4, 0.5) is 0 Å². The van der Waals surface area contributed by atoms with E-state index in [1.165, 1.54) is 51.4 Å². The molecule has 0 aromatic carbocycles. The van der Waals surface area contributed by atoms with E-state index in [1.807, 2.05) is 0 Å². The summed E-state index contributed by atoms with van der Waals surface area (Å²) in [5.41, 5.74) is 0. The Kier molecular flexibility index (Phi) is 6.55. The zero-order valence-corrected chi connectivity index (χ0v) is 16.0. The Hall–Kier alpha value is 1.44. The summed E-state index contributed by atoms with van der Waals surface area (Å²) >= 11 is 11.8. The van der Waals surface area contributed by atoms with Crippen LogP contribution in [0.5, 0.6) is 0 Å². The molecular weight excluding hydrogens is 420 g/mol. The van der Waals surface area contributed by atoms with Crippen molar-refractivity contribution in [2.45, 2.75) is 72.8 Å². The van der Waals surface area contributed by atoms with Gasteiger partial charge < -0.3 is 0 Å². The molecule has 0 aromatic heterocycles. The van der Waals surface area contributed by atoms with Crippen molar-refractivity contribution in [3.05, 3.63) is 0 Å². The molecule has 2 aliphatic rings. The molecule has 0 bridgehead atoms. The third-order valence-electron chi connectivity index (χ3n) is 4.97. The van der Waals surface area contributed by atoms with Crippen LogP contribution in [-0.4, -0.2) is 14.5 Å². The van der Waals surface area contributed by atoms with Gasteiger partial charge in [-0.15, -0.1) is 0 Å². The summed E-state index contributed by atoms with van der Waals surface area (Å²) in [6.07, 6.45) is 11.2. The summed E-state index contributed by atoms with van der Waals surface area (Å²) < 4.78 is 0. The largest absolute Gasteiger partial charge is 0.0891 e. The third-order valence-corrected chi connectivity index (χ3v) is 9.23. The second-order valence-electron chi connectivity index (χ2n) is 6.42. The van der Waals surface area contributed by atoms with Crippen molar-refractivity contribution in [2.24, 2.45) is 17.8 Å². The van der Waals surface area contributed by atoms with Gasteiger partial charge in [-0.1, -0.05) is 67.6 Å². The SMILES string of the molecule is CC1CCC([C@@H](Br)[C@@H](Br)C2CCC(Br)CC2)CC1. The fourth-order valence-electron chi connectivity index (χ4n) is 3.52. The van der Waals surface area contributed by atoms with Crippen LogP contribution in [0.2, 0.25) is 0 Å². The Morgan fingerprint density at radius 3 is 1.56 bits per heavy atom. The molecule has 2 saturated carbocycles. The Morgan fingerprint density at radius 2 is 1.11 bits per heavy atom. The lowest BCUT2D eigenvalue weighted by atomic mass is 9.77. The van der Waals surface area contributed by atoms with Crippen molar-refractivity contribution >= 4 is 47.8 Å². The van der Waals surface area contributed by atoms with Crippen molar-refractivity contribution in [1.82, 2.24) is 0 Å². The molecule has 0 saturated heterocycles. The minimum atomic E-state index is 0.677. The van der Waals surface area contributed by atoms with Crippen LogP contribution in [0.25, 0.3) is 0 Å². The second-order valence-corrected chi connectivity index (χ2v) is 9.83. The third kappa shape index (κ3) is 4.22. The van der Waals surface area contributed by atoms with E-state index in [0.717, 1.165) is 22.6 Å². The minimum Gasteiger partial charge on any atom is -0.0891 e. The smallest absolute Gasteiger partial charge is 0.0302 e. The predicted octanol–water partition coefficient (Wildman–Crippen LogP) is 6.29. The molecule has 0 unspecified atom stereocenters. The minimum absolute atomic E-state index is 0.677. The van der Waals surface area contributed by atoms with E-state index < -0.39 is 0 Å². The Morgan fingerprint density at radius 1 is 0.722 bits per heavy atom. The van der Waals surface area contributed by atoms with E-state index in [9.17, 15) is 0 Å². The first-order valence-corrected chi connectivity index (χ1v) is 10.2. The molecule has 0 aromatic rings. The molecule has 2 fully saturated rings. The summed E-state index contributed by atoms with van der Waals surface area (Å²) in [5, 5.41) is 0. The lowest BCUT2D eigenvalue weighted by Gasteiger charge is -2.37. The molecule has 0 radical (unpaired) electrons. The van der Waals surface area contributed by atoms with Crippen molar-refractivity contribution in [1.29, 1.82) is 0 Å². The number of alkyl halides is 3. The highest BCUT2D eigenvalue weighted by Crippen LogP contribution is 2.42. The fourth-order valence-corrected chi connectivity index (χ4v) is 5.97. The zero-order valence-electron chi connectivity index (χ0n) is 11.3. The van der Waals surface area contributed by atoms with E-state index in [4.69, 9.17) is 0 Å². The lowest BCUT2D eigenvalue weighted by molar-refractivity contribution is 0.261. The maximum Gasteiger partial charge on any atom is 0.0302 e. The first kappa shape index (κ1) is 15.8. The molecule has 0 nitrogen and oxygen atoms in total. The summed E-state index contributed by atoms with van der Waals surface area (Å²) in [7, 11) is 0. The zero-order chi connectivity index (χ0) is 13.1. The number of hydrogen-bond acceptors (Lipinski definition) is 0. The standard InChI is InChI=1S/C15H25Br3/c1-10-2-4-11(5-3-10)14(17)15(18)12-6-8-13(16)9-7-12/h10-15H,2-9H2,1H3/t10?,11?,12?,13?,14-,15+/m1/s1. The van der Waals surface area contributed by atoms with E-state index in [0.29, 0.717) is 9.65 Å². The Bertz CT molecular complexity index is 214. The normalized spacial score (nSPS) is 41.3. The molecule has 106 valence electrons. The van der Waals surface area contributed by atoms with Gasteiger partial charge in [-0.05, 0) is 56.3 Å². The number of halogens is 3. The van der Waals surface area contributed by atoms with Crippen LogP contribution >= 0.6 is 47.8 Å². The summed E-state index contributed by atoms with van der Waals surface area (Å²) in [6, 6.07) is 0. The molecular formula is C15H25Br3. The molecule has 18 heavy (non-hydrogen) atoms. The van der Waals surface area contributed by atoms with Gasteiger partial charge in [0.25, 0.3) is 0 Å². The first-order valence-electron chi connectivity index (χ1n) is 7.50. The first-order chi connectivity index (χ1) is 8.58. The van der Waals surface area contributed by atoms with Gasteiger partial charge >= 0.3 is 0 Å². The van der Waals surface area contributed by atoms with E-state index in [2.05, 4.69) is 54.7 Å². The van der Waals surface area contributed by atoms with Gasteiger partial charge in [0.05, 0.1) is 0 Å². The van der Waals surface area contributed by atoms with Gasteiger partial charge in [0.15, 0.2) is 0 Å². The summed E-state index contributed by atoms with van der Waals surface area (Å²) in [5.74, 6) is 2.73. The van der Waals surface area contributed by atoms with E-state index in [-0.39, 0.29) is 0 Å². The van der Waals surface area contributed by atoms with Crippen molar-refractivity contribution in [2.75, 3.05) is 0 Å². The highest BCUT2D eigenvalue weighted by atomic mass is 79.9. The van der Waals surface area contributed by atoms with Gasteiger partial charge in [-0.25, -0.2) is 0 Å². The second kappa shape index (κ2) is 7.45. The molecule has 2 atom stereocenters. The van der Waals surface area contributed by atoms with Crippen LogP contribution in [0.15, 0.2) is 0 Å². The van der Waals surface area contributed by atoms with Crippen LogP contribution in [0.1, 0.15) is 58.3 Å². The van der Waals surface area contributed by atoms with Crippen LogP contribution in [0.3, 0.4) is 0 Å². The molecule has 0 spiro atoms. The van der Waals surface area contributed by atoms with Gasteiger partial charge in [0, 0.05) is 14.5 Å². The molecule has 0 aliphatic heterocycles. The number of rotatable bonds is 3. The lowest BCUT2D eigenvalue weighted by Crippen LogP contribution is -2.34.